The van der Waals surface area contributed by atoms with E-state index < -0.39 is 11.9 Å². The highest BCUT2D eigenvalue weighted by atomic mass is 16.6. The lowest BCUT2D eigenvalue weighted by Crippen LogP contribution is -2.21. The molecule has 1 aliphatic rings. The molecule has 0 atom stereocenters. The van der Waals surface area contributed by atoms with Gasteiger partial charge in [-0.25, -0.2) is 4.79 Å². The minimum Gasteiger partial charge on any atom is -0.486 e. The molecule has 0 saturated heterocycles. The summed E-state index contributed by atoms with van der Waals surface area (Å²) in [4.78, 5) is 24.0. The zero-order valence-electron chi connectivity index (χ0n) is 13.2. The van der Waals surface area contributed by atoms with E-state index in [1.54, 1.807) is 24.3 Å². The number of para-hydroxylation sites is 1. The predicted molar refractivity (Wildman–Crippen MR) is 87.5 cm³/mol. The van der Waals surface area contributed by atoms with E-state index in [1.807, 2.05) is 25.1 Å². The zero-order chi connectivity index (χ0) is 16.9. The first-order chi connectivity index (χ1) is 11.6. The van der Waals surface area contributed by atoms with E-state index in [0.29, 0.717) is 36.0 Å². The van der Waals surface area contributed by atoms with Gasteiger partial charge in [0, 0.05) is 5.69 Å². The first-order valence-corrected chi connectivity index (χ1v) is 7.56. The van der Waals surface area contributed by atoms with Crippen LogP contribution < -0.4 is 14.8 Å². The molecule has 1 amide bonds. The molecule has 0 bridgehead atoms. The number of nitrogens with one attached hydrogen (secondary N) is 1. The molecule has 1 N–H and O–H groups in total. The van der Waals surface area contributed by atoms with Crippen LogP contribution in [0.1, 0.15) is 15.9 Å². The van der Waals surface area contributed by atoms with Gasteiger partial charge in [-0.15, -0.1) is 0 Å². The Morgan fingerprint density at radius 1 is 1.08 bits per heavy atom. The normalized spacial score (nSPS) is 12.4. The average molecular weight is 327 g/mol. The van der Waals surface area contributed by atoms with Crippen molar-refractivity contribution in [1.82, 2.24) is 0 Å². The number of carbonyl (C=O) groups excluding carboxylic acids is 2. The van der Waals surface area contributed by atoms with Crippen molar-refractivity contribution >= 4 is 17.6 Å². The Morgan fingerprint density at radius 3 is 2.62 bits per heavy atom. The highest BCUT2D eigenvalue weighted by Crippen LogP contribution is 2.30. The van der Waals surface area contributed by atoms with Crippen molar-refractivity contribution in [3.05, 3.63) is 53.6 Å². The quantitative estimate of drug-likeness (QED) is 0.874. The lowest BCUT2D eigenvalue weighted by molar-refractivity contribution is -0.119. The van der Waals surface area contributed by atoms with Gasteiger partial charge in [0.15, 0.2) is 18.1 Å². The molecule has 1 heterocycles. The number of esters is 1. The number of hydrogen-bond acceptors (Lipinski definition) is 5. The van der Waals surface area contributed by atoms with Crippen LogP contribution in [0.25, 0.3) is 0 Å². The van der Waals surface area contributed by atoms with Gasteiger partial charge in [-0.1, -0.05) is 18.2 Å². The molecule has 6 nitrogen and oxygen atoms in total. The second kappa shape index (κ2) is 7.04. The number of carbonyl (C=O) groups is 2. The summed E-state index contributed by atoms with van der Waals surface area (Å²) in [5.41, 5.74) is 1.94. The molecule has 124 valence electrons. The fourth-order valence-electron chi connectivity index (χ4n) is 2.28. The molecule has 0 unspecified atom stereocenters. The monoisotopic (exact) mass is 327 g/mol. The summed E-state index contributed by atoms with van der Waals surface area (Å²) in [6.07, 6.45) is 0. The summed E-state index contributed by atoms with van der Waals surface area (Å²) in [5, 5.41) is 2.71. The van der Waals surface area contributed by atoms with E-state index in [2.05, 4.69) is 5.32 Å². The van der Waals surface area contributed by atoms with E-state index in [1.165, 1.54) is 0 Å². The summed E-state index contributed by atoms with van der Waals surface area (Å²) < 4.78 is 15.9. The molecule has 0 radical (unpaired) electrons. The Bertz CT molecular complexity index is 772. The Balaban J connectivity index is 1.57. The Kier molecular flexibility index (Phi) is 4.65. The molecule has 0 fully saturated rings. The molecule has 0 aromatic heterocycles. The SMILES string of the molecule is Cc1ccccc1NC(=O)COC(=O)c1ccc2c(c1)OCCO2. The summed E-state index contributed by atoms with van der Waals surface area (Å²) in [6, 6.07) is 12.2. The molecular formula is C18H17NO5. The lowest BCUT2D eigenvalue weighted by atomic mass is 10.2. The summed E-state index contributed by atoms with van der Waals surface area (Å²) >= 11 is 0. The van der Waals surface area contributed by atoms with Crippen LogP contribution in [0.5, 0.6) is 11.5 Å². The average Bonchev–Trinajstić information content (AvgIpc) is 2.61. The van der Waals surface area contributed by atoms with Crippen molar-refractivity contribution in [3.63, 3.8) is 0 Å². The minimum atomic E-state index is -0.591. The standard InChI is InChI=1S/C18H17NO5/c1-12-4-2-3-5-14(12)19-17(20)11-24-18(21)13-6-7-15-16(10-13)23-9-8-22-15/h2-7,10H,8-9,11H2,1H3,(H,19,20). The van der Waals surface area contributed by atoms with Gasteiger partial charge < -0.3 is 19.5 Å². The van der Waals surface area contributed by atoms with Crippen LogP contribution in [0.3, 0.4) is 0 Å². The first-order valence-electron chi connectivity index (χ1n) is 7.56. The number of aryl methyl sites for hydroxylation is 1. The second-order valence-corrected chi connectivity index (χ2v) is 5.30. The molecule has 0 spiro atoms. The number of anilines is 1. The van der Waals surface area contributed by atoms with E-state index in [4.69, 9.17) is 14.2 Å². The van der Waals surface area contributed by atoms with Crippen molar-refractivity contribution in [2.24, 2.45) is 0 Å². The van der Waals surface area contributed by atoms with Crippen LogP contribution in [0.4, 0.5) is 5.69 Å². The molecule has 6 heteroatoms. The molecule has 24 heavy (non-hydrogen) atoms. The predicted octanol–water partition coefficient (Wildman–Crippen LogP) is 2.56. The van der Waals surface area contributed by atoms with E-state index in [0.717, 1.165) is 5.56 Å². The third kappa shape index (κ3) is 3.65. The largest absolute Gasteiger partial charge is 0.486 e. The highest BCUT2D eigenvalue weighted by molar-refractivity contribution is 5.96. The molecule has 0 aliphatic carbocycles. The van der Waals surface area contributed by atoms with Crippen molar-refractivity contribution in [3.8, 4) is 11.5 Å². The van der Waals surface area contributed by atoms with Gasteiger partial charge >= 0.3 is 5.97 Å². The van der Waals surface area contributed by atoms with Gasteiger partial charge in [0.05, 0.1) is 5.56 Å². The number of ether oxygens (including phenoxy) is 3. The van der Waals surface area contributed by atoms with Crippen LogP contribution >= 0.6 is 0 Å². The molecule has 3 rings (SSSR count). The Labute approximate surface area is 139 Å². The van der Waals surface area contributed by atoms with Crippen LogP contribution in [-0.4, -0.2) is 31.7 Å². The van der Waals surface area contributed by atoms with Gasteiger partial charge in [-0.05, 0) is 36.8 Å². The molecular weight excluding hydrogens is 310 g/mol. The van der Waals surface area contributed by atoms with Gasteiger partial charge in [-0.3, -0.25) is 4.79 Å². The maximum Gasteiger partial charge on any atom is 0.338 e. The topological polar surface area (TPSA) is 73.9 Å². The van der Waals surface area contributed by atoms with Crippen molar-refractivity contribution in [2.45, 2.75) is 6.92 Å². The zero-order valence-corrected chi connectivity index (χ0v) is 13.2. The maximum absolute atomic E-state index is 12.1. The number of hydrogen-bond donors (Lipinski definition) is 1. The van der Waals surface area contributed by atoms with Gasteiger partial charge in [0.2, 0.25) is 0 Å². The number of rotatable bonds is 4. The van der Waals surface area contributed by atoms with Crippen LogP contribution in [-0.2, 0) is 9.53 Å². The number of fused-ring (bicyclic) bond motifs is 1. The van der Waals surface area contributed by atoms with Crippen molar-refractivity contribution in [1.29, 1.82) is 0 Å². The fourth-order valence-corrected chi connectivity index (χ4v) is 2.28. The first kappa shape index (κ1) is 15.9. The third-order valence-electron chi connectivity index (χ3n) is 3.53. The number of amides is 1. The van der Waals surface area contributed by atoms with Crippen LogP contribution in [0, 0.1) is 6.92 Å². The minimum absolute atomic E-state index is 0.308. The highest BCUT2D eigenvalue weighted by Gasteiger charge is 2.16. The molecule has 2 aromatic carbocycles. The van der Waals surface area contributed by atoms with Crippen LogP contribution in [0.15, 0.2) is 42.5 Å². The van der Waals surface area contributed by atoms with Crippen LogP contribution in [0.2, 0.25) is 0 Å². The Hall–Kier alpha value is -3.02. The smallest absolute Gasteiger partial charge is 0.338 e. The summed E-state index contributed by atoms with van der Waals surface area (Å²) in [6.45, 7) is 2.44. The summed E-state index contributed by atoms with van der Waals surface area (Å²) in [5.74, 6) is 0.109. The fraction of sp³-hybridized carbons (Fsp3) is 0.222. The molecule has 1 aliphatic heterocycles. The van der Waals surface area contributed by atoms with E-state index in [-0.39, 0.29) is 6.61 Å². The lowest BCUT2D eigenvalue weighted by Gasteiger charge is -2.18. The van der Waals surface area contributed by atoms with Gasteiger partial charge in [-0.2, -0.15) is 0 Å². The van der Waals surface area contributed by atoms with Gasteiger partial charge in [0.25, 0.3) is 5.91 Å². The molecule has 2 aromatic rings. The molecule has 0 saturated carbocycles. The van der Waals surface area contributed by atoms with Gasteiger partial charge in [0.1, 0.15) is 13.2 Å². The maximum atomic E-state index is 12.1. The summed E-state index contributed by atoms with van der Waals surface area (Å²) in [7, 11) is 0. The Morgan fingerprint density at radius 2 is 1.83 bits per heavy atom. The van der Waals surface area contributed by atoms with Crippen molar-refractivity contribution in [2.75, 3.05) is 25.1 Å². The third-order valence-corrected chi connectivity index (χ3v) is 3.53. The van der Waals surface area contributed by atoms with E-state index >= 15 is 0 Å². The second-order valence-electron chi connectivity index (χ2n) is 5.30. The van der Waals surface area contributed by atoms with Crippen molar-refractivity contribution < 1.29 is 23.8 Å². The number of benzene rings is 2. The van der Waals surface area contributed by atoms with E-state index in [9.17, 15) is 9.59 Å².